The number of carbonyl (C=O) groups excluding carboxylic acids is 1. The lowest BCUT2D eigenvalue weighted by Gasteiger charge is -2.35. The monoisotopic (exact) mass is 472 g/mol. The van der Waals surface area contributed by atoms with E-state index in [0.717, 1.165) is 47.0 Å². The van der Waals surface area contributed by atoms with E-state index >= 15 is 0 Å². The molecular weight excluding hydrogens is 447 g/mol. The number of aromatic nitrogens is 4. The molecule has 0 radical (unpaired) electrons. The van der Waals surface area contributed by atoms with Crippen LogP contribution in [0.1, 0.15) is 34.9 Å². The van der Waals surface area contributed by atoms with Crippen molar-refractivity contribution in [1.29, 1.82) is 0 Å². The largest absolute Gasteiger partial charge is 0.497 e. The normalized spacial score (nSPS) is 16.1. The summed E-state index contributed by atoms with van der Waals surface area (Å²) in [5, 5.41) is 5.53. The van der Waals surface area contributed by atoms with Gasteiger partial charge in [-0.05, 0) is 61.4 Å². The van der Waals surface area contributed by atoms with Crippen LogP contribution in [0.15, 0.2) is 54.7 Å². The summed E-state index contributed by atoms with van der Waals surface area (Å²) in [4.78, 5) is 26.7. The molecule has 35 heavy (non-hydrogen) atoms. The van der Waals surface area contributed by atoms with E-state index in [2.05, 4.69) is 10.00 Å². The number of hydrogen-bond acceptors (Lipinski definition) is 6. The first-order valence-electron chi connectivity index (χ1n) is 11.8. The summed E-state index contributed by atoms with van der Waals surface area (Å²) < 4.78 is 20.4. The Morgan fingerprint density at radius 2 is 1.69 bits per heavy atom. The average molecular weight is 473 g/mol. The van der Waals surface area contributed by atoms with E-state index in [4.69, 9.17) is 14.7 Å². The van der Waals surface area contributed by atoms with Gasteiger partial charge in [0.05, 0.1) is 24.4 Å². The molecule has 2 aromatic heterocycles. The zero-order valence-electron chi connectivity index (χ0n) is 19.4. The fourth-order valence-corrected chi connectivity index (χ4v) is 4.48. The molecule has 0 bridgehead atoms. The maximum absolute atomic E-state index is 13.2. The quantitative estimate of drug-likeness (QED) is 0.440. The molecule has 178 valence electrons. The molecule has 2 aliphatic rings. The average Bonchev–Trinajstić information content (AvgIpc) is 3.67. The lowest BCUT2D eigenvalue weighted by molar-refractivity contribution is 0.0746. The fraction of sp³-hybridized carbons (Fsp3) is 0.308. The van der Waals surface area contributed by atoms with Crippen molar-refractivity contribution in [3.8, 4) is 11.4 Å². The molecule has 4 aromatic rings. The van der Waals surface area contributed by atoms with E-state index in [0.29, 0.717) is 37.7 Å². The van der Waals surface area contributed by atoms with Crippen molar-refractivity contribution in [3.63, 3.8) is 0 Å². The number of halogens is 1. The Balaban J connectivity index is 1.29. The van der Waals surface area contributed by atoms with Gasteiger partial charge in [-0.1, -0.05) is 0 Å². The SMILES string of the molecule is COc1ccc(-n2ncc3c(N4CCN(C(=O)c5ccc(F)cc5)CC4)nc(C4CC4)nc32)cc1. The van der Waals surface area contributed by atoms with E-state index in [1.807, 2.05) is 40.0 Å². The van der Waals surface area contributed by atoms with E-state index in [1.165, 1.54) is 24.3 Å². The summed E-state index contributed by atoms with van der Waals surface area (Å²) in [6.45, 7) is 2.42. The predicted octanol–water partition coefficient (Wildman–Crippen LogP) is 3.80. The van der Waals surface area contributed by atoms with Gasteiger partial charge in [-0.3, -0.25) is 4.79 Å². The topological polar surface area (TPSA) is 76.4 Å². The number of ether oxygens (including phenoxy) is 1. The zero-order valence-corrected chi connectivity index (χ0v) is 19.4. The van der Waals surface area contributed by atoms with Gasteiger partial charge in [0.1, 0.15) is 23.2 Å². The third-order valence-electron chi connectivity index (χ3n) is 6.64. The third-order valence-corrected chi connectivity index (χ3v) is 6.64. The summed E-state index contributed by atoms with van der Waals surface area (Å²) in [6.07, 6.45) is 4.02. The molecule has 2 fully saturated rings. The van der Waals surface area contributed by atoms with Crippen LogP contribution in [0.4, 0.5) is 10.2 Å². The molecule has 1 aliphatic carbocycles. The van der Waals surface area contributed by atoms with Crippen molar-refractivity contribution >= 4 is 22.8 Å². The first kappa shape index (κ1) is 21.5. The molecule has 1 saturated carbocycles. The summed E-state index contributed by atoms with van der Waals surface area (Å²) in [6, 6.07) is 13.4. The van der Waals surface area contributed by atoms with E-state index in [1.54, 1.807) is 7.11 Å². The van der Waals surface area contributed by atoms with E-state index in [9.17, 15) is 9.18 Å². The van der Waals surface area contributed by atoms with Crippen molar-refractivity contribution in [2.45, 2.75) is 18.8 Å². The highest BCUT2D eigenvalue weighted by molar-refractivity contribution is 5.94. The zero-order chi connectivity index (χ0) is 23.9. The van der Waals surface area contributed by atoms with Gasteiger partial charge in [0.15, 0.2) is 5.65 Å². The Labute approximate surface area is 202 Å². The molecule has 3 heterocycles. The van der Waals surface area contributed by atoms with Crippen molar-refractivity contribution in [1.82, 2.24) is 24.6 Å². The Hall–Kier alpha value is -4.01. The minimum Gasteiger partial charge on any atom is -0.497 e. The van der Waals surface area contributed by atoms with Crippen LogP contribution in [0.5, 0.6) is 5.75 Å². The molecule has 0 unspecified atom stereocenters. The molecule has 2 aromatic carbocycles. The highest BCUT2D eigenvalue weighted by atomic mass is 19.1. The van der Waals surface area contributed by atoms with Gasteiger partial charge in [0.25, 0.3) is 5.91 Å². The highest BCUT2D eigenvalue weighted by Crippen LogP contribution is 2.40. The number of nitrogens with zero attached hydrogens (tertiary/aromatic N) is 6. The van der Waals surface area contributed by atoms with Gasteiger partial charge in [0, 0.05) is 37.7 Å². The minimum absolute atomic E-state index is 0.0801. The fourth-order valence-electron chi connectivity index (χ4n) is 4.48. The van der Waals surface area contributed by atoms with Crippen LogP contribution >= 0.6 is 0 Å². The standard InChI is InChI=1S/C26H25FN6O2/c1-35-21-10-8-20(9-11-21)33-25-22(16-28-33)24(29-23(30-25)17-2-3-17)31-12-14-32(15-13-31)26(34)18-4-6-19(27)7-5-18/h4-11,16-17H,2-3,12-15H2,1H3. The summed E-state index contributed by atoms with van der Waals surface area (Å²) in [5.41, 5.74) is 2.19. The van der Waals surface area contributed by atoms with Gasteiger partial charge in [-0.25, -0.2) is 19.0 Å². The molecule has 0 N–H and O–H groups in total. The Morgan fingerprint density at radius 1 is 0.971 bits per heavy atom. The van der Waals surface area contributed by atoms with Crippen LogP contribution in [0.2, 0.25) is 0 Å². The first-order chi connectivity index (χ1) is 17.1. The number of anilines is 1. The van der Waals surface area contributed by atoms with Gasteiger partial charge in [-0.2, -0.15) is 5.10 Å². The summed E-state index contributed by atoms with van der Waals surface area (Å²) in [5.74, 6) is 2.47. The number of rotatable bonds is 5. The van der Waals surface area contributed by atoms with Crippen LogP contribution < -0.4 is 9.64 Å². The maximum Gasteiger partial charge on any atom is 0.253 e. The smallest absolute Gasteiger partial charge is 0.253 e. The molecule has 1 aliphatic heterocycles. The molecular formula is C26H25FN6O2. The Bertz CT molecular complexity index is 1370. The van der Waals surface area contributed by atoms with Gasteiger partial charge < -0.3 is 14.5 Å². The Kier molecular flexibility index (Phi) is 5.32. The second-order valence-corrected chi connectivity index (χ2v) is 8.96. The molecule has 6 rings (SSSR count). The summed E-state index contributed by atoms with van der Waals surface area (Å²) >= 11 is 0. The number of benzene rings is 2. The first-order valence-corrected chi connectivity index (χ1v) is 11.8. The van der Waals surface area contributed by atoms with Gasteiger partial charge >= 0.3 is 0 Å². The van der Waals surface area contributed by atoms with Crippen LogP contribution in [0.25, 0.3) is 16.7 Å². The maximum atomic E-state index is 13.2. The van der Waals surface area contributed by atoms with E-state index < -0.39 is 0 Å². The number of hydrogen-bond donors (Lipinski definition) is 0. The van der Waals surface area contributed by atoms with Crippen molar-refractivity contribution < 1.29 is 13.9 Å². The predicted molar refractivity (Wildman–Crippen MR) is 130 cm³/mol. The van der Waals surface area contributed by atoms with Crippen LogP contribution in [0.3, 0.4) is 0 Å². The van der Waals surface area contributed by atoms with Crippen molar-refractivity contribution in [2.24, 2.45) is 0 Å². The van der Waals surface area contributed by atoms with Crippen LogP contribution in [0, 0.1) is 5.82 Å². The second kappa shape index (κ2) is 8.65. The lowest BCUT2D eigenvalue weighted by atomic mass is 10.1. The molecule has 8 nitrogen and oxygen atoms in total. The summed E-state index contributed by atoms with van der Waals surface area (Å²) in [7, 11) is 1.65. The lowest BCUT2D eigenvalue weighted by Crippen LogP contribution is -2.49. The van der Waals surface area contributed by atoms with Gasteiger partial charge in [0.2, 0.25) is 0 Å². The minimum atomic E-state index is -0.346. The molecule has 9 heteroatoms. The van der Waals surface area contributed by atoms with Crippen molar-refractivity contribution in [2.75, 3.05) is 38.2 Å². The third kappa shape index (κ3) is 4.07. The highest BCUT2D eigenvalue weighted by Gasteiger charge is 2.31. The molecule has 1 saturated heterocycles. The molecule has 0 atom stereocenters. The number of carbonyl (C=O) groups is 1. The Morgan fingerprint density at radius 3 is 2.34 bits per heavy atom. The molecule has 1 amide bonds. The van der Waals surface area contributed by atoms with Crippen LogP contribution in [-0.2, 0) is 0 Å². The van der Waals surface area contributed by atoms with Crippen molar-refractivity contribution in [3.05, 3.63) is 71.9 Å². The molecule has 0 spiro atoms. The van der Waals surface area contributed by atoms with Gasteiger partial charge in [-0.15, -0.1) is 0 Å². The van der Waals surface area contributed by atoms with E-state index in [-0.39, 0.29) is 11.7 Å². The number of amides is 1. The number of fused-ring (bicyclic) bond motifs is 1. The van der Waals surface area contributed by atoms with Crippen LogP contribution in [-0.4, -0.2) is 63.8 Å². The number of methoxy groups -OCH3 is 1. The second-order valence-electron chi connectivity index (χ2n) is 8.96. The number of piperazine rings is 1.